The van der Waals surface area contributed by atoms with Gasteiger partial charge in [-0.3, -0.25) is 0 Å². The topological polar surface area (TPSA) is 9.23 Å². The van der Waals surface area contributed by atoms with Gasteiger partial charge in [-0.05, 0) is 49.3 Å². The lowest BCUT2D eigenvalue weighted by atomic mass is 9.80. The average molecular weight is 488 g/mol. The number of hydrogen-bond donors (Lipinski definition) is 0. The molecule has 1 aromatic rings. The SMILES string of the molecule is CCCCCCCOc1ccc(C2CCC([N+](C)(C)CCC)CC2)cc1.[I-]. The van der Waals surface area contributed by atoms with Crippen molar-refractivity contribution >= 4 is 0 Å². The van der Waals surface area contributed by atoms with Gasteiger partial charge in [-0.1, -0.05) is 51.7 Å². The normalized spacial score (nSPS) is 20.1. The number of ether oxygens (including phenoxy) is 1. The minimum absolute atomic E-state index is 0. The number of halogens is 1. The van der Waals surface area contributed by atoms with Crippen molar-refractivity contribution in [3.05, 3.63) is 29.8 Å². The van der Waals surface area contributed by atoms with Crippen molar-refractivity contribution in [2.24, 2.45) is 0 Å². The van der Waals surface area contributed by atoms with E-state index >= 15 is 0 Å². The van der Waals surface area contributed by atoms with Crippen LogP contribution in [0.25, 0.3) is 0 Å². The average Bonchev–Trinajstić information content (AvgIpc) is 2.65. The maximum Gasteiger partial charge on any atom is 0.119 e. The van der Waals surface area contributed by atoms with Gasteiger partial charge in [0, 0.05) is 12.8 Å². The molecule has 0 atom stereocenters. The lowest BCUT2D eigenvalue weighted by Gasteiger charge is -2.41. The summed E-state index contributed by atoms with van der Waals surface area (Å²) in [6, 6.07) is 9.84. The van der Waals surface area contributed by atoms with Crippen LogP contribution >= 0.6 is 0 Å². The van der Waals surface area contributed by atoms with E-state index in [-0.39, 0.29) is 24.0 Å². The molecule has 0 saturated heterocycles. The molecule has 1 fully saturated rings. The highest BCUT2D eigenvalue weighted by Crippen LogP contribution is 2.36. The summed E-state index contributed by atoms with van der Waals surface area (Å²) in [4.78, 5) is 0. The summed E-state index contributed by atoms with van der Waals surface area (Å²) in [5, 5.41) is 0. The fourth-order valence-corrected chi connectivity index (χ4v) is 4.60. The molecule has 0 unspecified atom stereocenters. The van der Waals surface area contributed by atoms with E-state index in [1.165, 1.54) is 80.8 Å². The van der Waals surface area contributed by atoms with Crippen LogP contribution in [-0.4, -0.2) is 37.8 Å². The molecule has 1 aliphatic rings. The van der Waals surface area contributed by atoms with Gasteiger partial charge in [0.25, 0.3) is 0 Å². The maximum atomic E-state index is 5.91. The smallest absolute Gasteiger partial charge is 0.119 e. The van der Waals surface area contributed by atoms with Crippen LogP contribution in [0.2, 0.25) is 0 Å². The molecule has 0 N–H and O–H groups in total. The van der Waals surface area contributed by atoms with Crippen molar-refractivity contribution in [2.75, 3.05) is 27.2 Å². The largest absolute Gasteiger partial charge is 1.00 e. The van der Waals surface area contributed by atoms with E-state index in [0.29, 0.717) is 0 Å². The van der Waals surface area contributed by atoms with Gasteiger partial charge in [0.2, 0.25) is 0 Å². The third-order valence-corrected chi connectivity index (χ3v) is 6.35. The molecule has 0 amide bonds. The Bertz CT molecular complexity index is 492. The lowest BCUT2D eigenvalue weighted by Crippen LogP contribution is -3.00. The number of quaternary nitrogens is 1. The number of unbranched alkanes of at least 4 members (excludes halogenated alkanes) is 4. The van der Waals surface area contributed by atoms with Crippen molar-refractivity contribution in [1.82, 2.24) is 0 Å². The van der Waals surface area contributed by atoms with Gasteiger partial charge in [0.15, 0.2) is 0 Å². The van der Waals surface area contributed by atoms with Crippen molar-refractivity contribution in [1.29, 1.82) is 0 Å². The second-order valence-electron chi connectivity index (χ2n) is 8.84. The molecule has 1 saturated carbocycles. The predicted molar refractivity (Wildman–Crippen MR) is 113 cm³/mol. The third kappa shape index (κ3) is 8.31. The van der Waals surface area contributed by atoms with E-state index in [0.717, 1.165) is 24.3 Å². The summed E-state index contributed by atoms with van der Waals surface area (Å²) in [6.07, 6.45) is 13.2. The first-order valence-electron chi connectivity index (χ1n) is 11.1. The summed E-state index contributed by atoms with van der Waals surface area (Å²) < 4.78 is 7.12. The highest BCUT2D eigenvalue weighted by atomic mass is 127. The molecule has 27 heavy (non-hydrogen) atoms. The second-order valence-corrected chi connectivity index (χ2v) is 8.84. The molecule has 2 nitrogen and oxygen atoms in total. The van der Waals surface area contributed by atoms with Crippen LogP contribution in [0.4, 0.5) is 0 Å². The van der Waals surface area contributed by atoms with Crippen molar-refractivity contribution in [2.45, 2.75) is 90.0 Å². The third-order valence-electron chi connectivity index (χ3n) is 6.35. The molecule has 0 radical (unpaired) electrons. The molecule has 0 spiro atoms. The molecule has 0 aromatic heterocycles. The molecule has 1 aliphatic carbocycles. The van der Waals surface area contributed by atoms with E-state index in [4.69, 9.17) is 4.74 Å². The zero-order chi connectivity index (χ0) is 18.8. The highest BCUT2D eigenvalue weighted by molar-refractivity contribution is 5.29. The summed E-state index contributed by atoms with van der Waals surface area (Å²) in [5.41, 5.74) is 1.51. The first-order valence-corrected chi connectivity index (χ1v) is 11.1. The summed E-state index contributed by atoms with van der Waals surface area (Å²) in [6.45, 7) is 6.73. The molecule has 3 heteroatoms. The molecular weight excluding hydrogens is 445 g/mol. The molecule has 0 heterocycles. The Labute approximate surface area is 185 Å². The van der Waals surface area contributed by atoms with Crippen molar-refractivity contribution in [3.8, 4) is 5.75 Å². The first-order chi connectivity index (χ1) is 12.6. The van der Waals surface area contributed by atoms with E-state index in [1.54, 1.807) is 0 Å². The Hall–Kier alpha value is -0.290. The Morgan fingerprint density at radius 1 is 0.852 bits per heavy atom. The molecule has 0 bridgehead atoms. The first kappa shape index (κ1) is 24.7. The highest BCUT2D eigenvalue weighted by Gasteiger charge is 2.32. The number of rotatable bonds is 11. The van der Waals surface area contributed by atoms with Crippen LogP contribution in [0.1, 0.15) is 89.5 Å². The van der Waals surface area contributed by atoms with Crippen LogP contribution in [0.5, 0.6) is 5.75 Å². The molecule has 156 valence electrons. The van der Waals surface area contributed by atoms with Crippen LogP contribution in [0.3, 0.4) is 0 Å². The predicted octanol–water partition coefficient (Wildman–Crippen LogP) is 3.55. The van der Waals surface area contributed by atoms with Crippen molar-refractivity contribution < 1.29 is 33.2 Å². The summed E-state index contributed by atoms with van der Waals surface area (Å²) >= 11 is 0. The minimum atomic E-state index is 0. The number of hydrogen-bond acceptors (Lipinski definition) is 1. The zero-order valence-electron chi connectivity index (χ0n) is 18.2. The Morgan fingerprint density at radius 2 is 1.48 bits per heavy atom. The Morgan fingerprint density at radius 3 is 2.07 bits per heavy atom. The number of benzene rings is 1. The fourth-order valence-electron chi connectivity index (χ4n) is 4.60. The van der Waals surface area contributed by atoms with Gasteiger partial charge in [-0.15, -0.1) is 0 Å². The van der Waals surface area contributed by atoms with E-state index in [9.17, 15) is 0 Å². The molecule has 1 aromatic carbocycles. The van der Waals surface area contributed by atoms with Gasteiger partial charge < -0.3 is 33.2 Å². The standard InChI is InChI=1S/C24H42NO.HI/c1-5-7-8-9-10-20-26-24-17-13-22(14-18-24)21-11-15-23(16-12-21)25(3,4)19-6-2;/h13-14,17-18,21,23H,5-12,15-16,19-20H2,1-4H3;1H/q+1;/p-1. The zero-order valence-corrected chi connectivity index (χ0v) is 20.3. The lowest BCUT2D eigenvalue weighted by molar-refractivity contribution is -0.916. The van der Waals surface area contributed by atoms with Gasteiger partial charge >= 0.3 is 0 Å². The quantitative estimate of drug-likeness (QED) is 0.264. The van der Waals surface area contributed by atoms with Crippen molar-refractivity contribution in [3.63, 3.8) is 0 Å². The van der Waals surface area contributed by atoms with Gasteiger partial charge in [-0.2, -0.15) is 0 Å². The van der Waals surface area contributed by atoms with Crippen LogP contribution in [0, 0.1) is 0 Å². The van der Waals surface area contributed by atoms with Crippen LogP contribution < -0.4 is 28.7 Å². The second kappa shape index (κ2) is 13.0. The minimum Gasteiger partial charge on any atom is -1.00 e. The number of nitrogens with zero attached hydrogens (tertiary/aromatic N) is 1. The Balaban J connectivity index is 0.00000364. The maximum absolute atomic E-state index is 5.91. The molecule has 0 aliphatic heterocycles. The van der Waals surface area contributed by atoms with E-state index < -0.39 is 0 Å². The molecule has 2 rings (SSSR count). The summed E-state index contributed by atoms with van der Waals surface area (Å²) in [7, 11) is 4.84. The summed E-state index contributed by atoms with van der Waals surface area (Å²) in [5.74, 6) is 1.79. The van der Waals surface area contributed by atoms with Crippen LogP contribution in [0.15, 0.2) is 24.3 Å². The Kier molecular flexibility index (Phi) is 11.9. The molecular formula is C24H42INO. The van der Waals surface area contributed by atoms with Gasteiger partial charge in [0.1, 0.15) is 5.75 Å². The van der Waals surface area contributed by atoms with Crippen LogP contribution in [-0.2, 0) is 0 Å². The monoisotopic (exact) mass is 487 g/mol. The van der Waals surface area contributed by atoms with Gasteiger partial charge in [0.05, 0.1) is 33.3 Å². The van der Waals surface area contributed by atoms with E-state index in [2.05, 4.69) is 52.2 Å². The van der Waals surface area contributed by atoms with Gasteiger partial charge in [-0.25, -0.2) is 0 Å². The fraction of sp³-hybridized carbons (Fsp3) is 0.750. The van der Waals surface area contributed by atoms with E-state index in [1.807, 2.05) is 0 Å².